The number of amides is 1. The van der Waals surface area contributed by atoms with Gasteiger partial charge in [0.15, 0.2) is 11.5 Å². The van der Waals surface area contributed by atoms with Crippen molar-refractivity contribution in [3.8, 4) is 11.5 Å². The van der Waals surface area contributed by atoms with E-state index in [1.54, 1.807) is 6.08 Å². The molecule has 5 heteroatoms. The molecule has 0 aliphatic carbocycles. The summed E-state index contributed by atoms with van der Waals surface area (Å²) in [6.45, 7) is 12.2. The molecule has 1 aliphatic rings. The summed E-state index contributed by atoms with van der Waals surface area (Å²) in [5.74, 6) is 1.15. The third-order valence-electron chi connectivity index (χ3n) is 4.54. The Labute approximate surface area is 177 Å². The Morgan fingerprint density at radius 2 is 1.87 bits per heavy atom. The molecule has 3 rings (SSSR count). The Morgan fingerprint density at radius 1 is 1.10 bits per heavy atom. The van der Waals surface area contributed by atoms with Gasteiger partial charge in [-0.15, -0.1) is 6.58 Å². The zero-order valence-corrected chi connectivity index (χ0v) is 17.4. The highest BCUT2D eigenvalue weighted by molar-refractivity contribution is 6.32. The number of hydrazone groups is 1. The molecular formula is C25H26N2O3. The number of benzene rings is 2. The summed E-state index contributed by atoms with van der Waals surface area (Å²) in [4.78, 5) is 13.0. The zero-order chi connectivity index (χ0) is 21.5. The van der Waals surface area contributed by atoms with Gasteiger partial charge in [0.05, 0.1) is 23.6 Å². The smallest absolute Gasteiger partial charge is 0.280 e. The molecule has 1 heterocycles. The minimum atomic E-state index is -0.158. The van der Waals surface area contributed by atoms with E-state index in [1.165, 1.54) is 5.01 Å². The van der Waals surface area contributed by atoms with Crippen LogP contribution >= 0.6 is 0 Å². The van der Waals surface area contributed by atoms with Crippen LogP contribution in [-0.4, -0.2) is 24.8 Å². The number of nitrogens with zero attached hydrogens (tertiary/aromatic N) is 2. The molecule has 1 amide bonds. The Bertz CT molecular complexity index is 1010. The van der Waals surface area contributed by atoms with Crippen LogP contribution in [0.5, 0.6) is 11.5 Å². The van der Waals surface area contributed by atoms with Crippen LogP contribution in [0.3, 0.4) is 0 Å². The number of hydrogen-bond acceptors (Lipinski definition) is 4. The van der Waals surface area contributed by atoms with Crippen LogP contribution in [0, 0.1) is 0 Å². The molecule has 0 atom stereocenters. The van der Waals surface area contributed by atoms with Gasteiger partial charge in [-0.05, 0) is 56.2 Å². The molecular weight excluding hydrogens is 376 g/mol. The van der Waals surface area contributed by atoms with E-state index in [0.717, 1.165) is 16.8 Å². The fourth-order valence-corrected chi connectivity index (χ4v) is 3.24. The van der Waals surface area contributed by atoms with Crippen molar-refractivity contribution in [3.63, 3.8) is 0 Å². The Hall–Kier alpha value is -3.60. The molecule has 0 saturated heterocycles. The van der Waals surface area contributed by atoms with Gasteiger partial charge in [0, 0.05) is 5.56 Å². The molecule has 1 aliphatic heterocycles. The Kier molecular flexibility index (Phi) is 6.86. The van der Waals surface area contributed by atoms with Crippen molar-refractivity contribution in [2.75, 3.05) is 18.2 Å². The van der Waals surface area contributed by atoms with Gasteiger partial charge in [-0.3, -0.25) is 4.79 Å². The first-order valence-corrected chi connectivity index (χ1v) is 9.90. The summed E-state index contributed by atoms with van der Waals surface area (Å²) < 4.78 is 11.7. The number of carbonyl (C=O) groups is 1. The Morgan fingerprint density at radius 3 is 2.53 bits per heavy atom. The largest absolute Gasteiger partial charge is 0.490 e. The van der Waals surface area contributed by atoms with Gasteiger partial charge in [-0.1, -0.05) is 36.9 Å². The van der Waals surface area contributed by atoms with Crippen molar-refractivity contribution in [1.82, 2.24) is 0 Å². The molecule has 2 aromatic carbocycles. The van der Waals surface area contributed by atoms with Crippen molar-refractivity contribution in [1.29, 1.82) is 0 Å². The maximum Gasteiger partial charge on any atom is 0.280 e. The second kappa shape index (κ2) is 9.74. The Balaban J connectivity index is 2.01. The lowest BCUT2D eigenvalue weighted by Gasteiger charge is -2.16. The molecule has 0 fully saturated rings. The van der Waals surface area contributed by atoms with Crippen molar-refractivity contribution < 1.29 is 14.3 Å². The predicted octanol–water partition coefficient (Wildman–Crippen LogP) is 5.18. The number of hydrogen-bond donors (Lipinski definition) is 0. The third-order valence-corrected chi connectivity index (χ3v) is 4.54. The lowest BCUT2D eigenvalue weighted by Crippen LogP contribution is -2.21. The fraction of sp³-hybridized carbons (Fsp3) is 0.200. The predicted molar refractivity (Wildman–Crippen MR) is 122 cm³/mol. The number of anilines is 1. The van der Waals surface area contributed by atoms with E-state index in [1.807, 2.05) is 68.5 Å². The first-order valence-electron chi connectivity index (χ1n) is 9.90. The molecule has 0 saturated carbocycles. The second-order valence-electron chi connectivity index (χ2n) is 6.73. The number of carbonyl (C=O) groups excluding carboxylic acids is 1. The molecule has 0 bridgehead atoms. The van der Waals surface area contributed by atoms with E-state index < -0.39 is 0 Å². The van der Waals surface area contributed by atoms with Crippen molar-refractivity contribution in [2.45, 2.75) is 20.3 Å². The SMILES string of the molecule is C=CCOc1c(CC=C)cc(/C=C2/C(=O)N(c3ccccc3)N=C2C)cc1OCC. The van der Waals surface area contributed by atoms with Gasteiger partial charge in [0.1, 0.15) is 6.61 Å². The van der Waals surface area contributed by atoms with Crippen LogP contribution in [0.25, 0.3) is 6.08 Å². The average Bonchev–Trinajstić information content (AvgIpc) is 3.02. The van der Waals surface area contributed by atoms with Gasteiger partial charge in [0.25, 0.3) is 5.91 Å². The first kappa shape index (κ1) is 21.1. The van der Waals surface area contributed by atoms with Crippen LogP contribution in [0.2, 0.25) is 0 Å². The third kappa shape index (κ3) is 4.51. The highest BCUT2D eigenvalue weighted by Gasteiger charge is 2.28. The van der Waals surface area contributed by atoms with Gasteiger partial charge in [-0.25, -0.2) is 0 Å². The zero-order valence-electron chi connectivity index (χ0n) is 17.4. The molecule has 0 spiro atoms. The quantitative estimate of drug-likeness (QED) is 0.429. The molecule has 30 heavy (non-hydrogen) atoms. The van der Waals surface area contributed by atoms with Gasteiger partial charge < -0.3 is 9.47 Å². The number of allylic oxidation sites excluding steroid dienone is 1. The lowest BCUT2D eigenvalue weighted by molar-refractivity contribution is -0.114. The number of para-hydroxylation sites is 1. The van der Waals surface area contributed by atoms with E-state index in [2.05, 4.69) is 18.3 Å². The minimum absolute atomic E-state index is 0.158. The molecule has 2 aromatic rings. The maximum atomic E-state index is 13.0. The summed E-state index contributed by atoms with van der Waals surface area (Å²) in [6.07, 6.45) is 5.96. The van der Waals surface area contributed by atoms with E-state index in [4.69, 9.17) is 9.47 Å². The van der Waals surface area contributed by atoms with Crippen LogP contribution in [0.1, 0.15) is 25.0 Å². The lowest BCUT2D eigenvalue weighted by atomic mass is 10.0. The van der Waals surface area contributed by atoms with E-state index in [9.17, 15) is 4.79 Å². The van der Waals surface area contributed by atoms with Crippen LogP contribution < -0.4 is 14.5 Å². The van der Waals surface area contributed by atoms with Gasteiger partial charge in [0.2, 0.25) is 0 Å². The minimum Gasteiger partial charge on any atom is -0.490 e. The standard InChI is InChI=1S/C25H26N2O3/c1-5-11-20-15-19(17-23(29-7-3)24(20)30-14-6-2)16-22-18(4)26-27(25(22)28)21-12-9-8-10-13-21/h5-6,8-10,12-13,15-17H,1-2,7,11,14H2,3-4H3/b22-16+. The average molecular weight is 402 g/mol. The topological polar surface area (TPSA) is 51.1 Å². The summed E-state index contributed by atoms with van der Waals surface area (Å²) in [7, 11) is 0. The van der Waals surface area contributed by atoms with Crippen LogP contribution in [0.4, 0.5) is 5.69 Å². The van der Waals surface area contributed by atoms with Crippen molar-refractivity contribution >= 4 is 23.4 Å². The first-order chi connectivity index (χ1) is 14.6. The van der Waals surface area contributed by atoms with E-state index in [0.29, 0.717) is 42.4 Å². The normalized spacial score (nSPS) is 14.6. The highest BCUT2D eigenvalue weighted by Crippen LogP contribution is 2.35. The maximum absolute atomic E-state index is 13.0. The summed E-state index contributed by atoms with van der Waals surface area (Å²) in [5, 5.41) is 5.87. The highest BCUT2D eigenvalue weighted by atomic mass is 16.5. The summed E-state index contributed by atoms with van der Waals surface area (Å²) in [6, 6.07) is 13.3. The number of ether oxygens (including phenoxy) is 2. The van der Waals surface area contributed by atoms with Crippen LogP contribution in [-0.2, 0) is 11.2 Å². The molecule has 0 radical (unpaired) electrons. The summed E-state index contributed by atoms with van der Waals surface area (Å²) >= 11 is 0. The second-order valence-corrected chi connectivity index (χ2v) is 6.73. The summed E-state index contributed by atoms with van der Waals surface area (Å²) in [5.41, 5.74) is 3.73. The van der Waals surface area contributed by atoms with E-state index >= 15 is 0 Å². The van der Waals surface area contributed by atoms with Crippen molar-refractivity contribution in [3.05, 3.63) is 84.5 Å². The van der Waals surface area contributed by atoms with Gasteiger partial charge >= 0.3 is 0 Å². The molecule has 0 N–H and O–H groups in total. The number of rotatable bonds is 9. The molecule has 5 nitrogen and oxygen atoms in total. The molecule has 154 valence electrons. The van der Waals surface area contributed by atoms with Gasteiger partial charge in [-0.2, -0.15) is 10.1 Å². The van der Waals surface area contributed by atoms with Crippen LogP contribution in [0.15, 0.2) is 78.4 Å². The molecule has 0 aromatic heterocycles. The molecule has 0 unspecified atom stereocenters. The van der Waals surface area contributed by atoms with Crippen molar-refractivity contribution in [2.24, 2.45) is 5.10 Å². The van der Waals surface area contributed by atoms with E-state index in [-0.39, 0.29) is 5.91 Å². The fourth-order valence-electron chi connectivity index (χ4n) is 3.24. The monoisotopic (exact) mass is 402 g/mol.